The molecule has 8 nitrogen and oxygen atoms in total. The standard InChI is InChI=1S/C11H18FN3O5.C2H6/c1-6(4-9(17)18)10(19)15-7(5-13)11(20)14-3-2-8(12)16;1-2/h6-7H,2-5,13H2,1H3,(H,14,20)(H,15,19)(H,17,18);1-2H3. The first kappa shape index (κ1) is 22.3. The van der Waals surface area contributed by atoms with Crippen molar-refractivity contribution in [2.75, 3.05) is 13.1 Å². The average molecular weight is 321 g/mol. The van der Waals surface area contributed by atoms with Crippen molar-refractivity contribution in [2.45, 2.75) is 39.7 Å². The highest BCUT2D eigenvalue weighted by Crippen LogP contribution is 2.02. The van der Waals surface area contributed by atoms with Gasteiger partial charge in [0.05, 0.1) is 12.8 Å². The molecular weight excluding hydrogens is 297 g/mol. The summed E-state index contributed by atoms with van der Waals surface area (Å²) in [5.74, 6) is -3.24. The van der Waals surface area contributed by atoms with Gasteiger partial charge in [-0.05, 0) is 0 Å². The second kappa shape index (κ2) is 12.7. The van der Waals surface area contributed by atoms with Crippen molar-refractivity contribution in [3.05, 3.63) is 0 Å². The molecule has 9 heteroatoms. The molecule has 0 bridgehead atoms. The lowest BCUT2D eigenvalue weighted by atomic mass is 10.1. The zero-order valence-corrected chi connectivity index (χ0v) is 13.0. The zero-order valence-electron chi connectivity index (χ0n) is 13.0. The quantitative estimate of drug-likeness (QED) is 0.425. The Morgan fingerprint density at radius 1 is 1.18 bits per heavy atom. The van der Waals surface area contributed by atoms with Crippen LogP contribution in [0.1, 0.15) is 33.6 Å². The van der Waals surface area contributed by atoms with E-state index in [-0.39, 0.29) is 19.5 Å². The Bertz CT molecular complexity index is 390. The minimum atomic E-state index is -1.56. The highest BCUT2D eigenvalue weighted by atomic mass is 19.1. The maximum atomic E-state index is 11.9. The van der Waals surface area contributed by atoms with Gasteiger partial charge < -0.3 is 21.5 Å². The molecule has 0 radical (unpaired) electrons. The van der Waals surface area contributed by atoms with E-state index in [0.717, 1.165) is 0 Å². The summed E-state index contributed by atoms with van der Waals surface area (Å²) in [6.45, 7) is 4.99. The lowest BCUT2D eigenvalue weighted by Crippen LogP contribution is -2.52. The zero-order chi connectivity index (χ0) is 17.7. The molecule has 2 amide bonds. The highest BCUT2D eigenvalue weighted by molar-refractivity contribution is 5.90. The van der Waals surface area contributed by atoms with Gasteiger partial charge in [0.2, 0.25) is 11.8 Å². The summed E-state index contributed by atoms with van der Waals surface area (Å²) in [5, 5.41) is 13.1. The number of carboxylic acids is 1. The van der Waals surface area contributed by atoms with Crippen molar-refractivity contribution in [1.82, 2.24) is 10.6 Å². The van der Waals surface area contributed by atoms with Crippen molar-refractivity contribution in [3.63, 3.8) is 0 Å². The van der Waals surface area contributed by atoms with E-state index in [4.69, 9.17) is 10.8 Å². The maximum absolute atomic E-state index is 11.9. The summed E-state index contributed by atoms with van der Waals surface area (Å²) in [5.41, 5.74) is 5.32. The molecule has 128 valence electrons. The maximum Gasteiger partial charge on any atom is 0.304 e. The number of nitrogens with two attached hydrogens (primary N) is 1. The van der Waals surface area contributed by atoms with Crippen LogP contribution in [0.15, 0.2) is 0 Å². The highest BCUT2D eigenvalue weighted by Gasteiger charge is 2.23. The number of halogens is 1. The second-order valence-electron chi connectivity index (χ2n) is 4.19. The minimum absolute atomic E-state index is 0.203. The van der Waals surface area contributed by atoms with Crippen LogP contribution in [0, 0.1) is 5.92 Å². The Morgan fingerprint density at radius 3 is 2.14 bits per heavy atom. The Morgan fingerprint density at radius 2 is 1.73 bits per heavy atom. The fraction of sp³-hybridized carbons (Fsp3) is 0.692. The van der Waals surface area contributed by atoms with Crippen molar-refractivity contribution in [1.29, 1.82) is 0 Å². The van der Waals surface area contributed by atoms with E-state index in [2.05, 4.69) is 10.6 Å². The van der Waals surface area contributed by atoms with Gasteiger partial charge in [-0.2, -0.15) is 4.39 Å². The van der Waals surface area contributed by atoms with Crippen LogP contribution in [0.5, 0.6) is 0 Å². The predicted molar refractivity (Wildman–Crippen MR) is 77.5 cm³/mol. The van der Waals surface area contributed by atoms with E-state index in [9.17, 15) is 23.6 Å². The molecule has 0 spiro atoms. The Hall–Kier alpha value is -2.03. The molecule has 2 atom stereocenters. The monoisotopic (exact) mass is 321 g/mol. The van der Waals surface area contributed by atoms with Gasteiger partial charge in [0, 0.05) is 19.0 Å². The summed E-state index contributed by atoms with van der Waals surface area (Å²) >= 11 is 0. The second-order valence-corrected chi connectivity index (χ2v) is 4.19. The fourth-order valence-electron chi connectivity index (χ4n) is 1.31. The number of aliphatic carboxylic acids is 1. The number of carbonyl (C=O) groups is 4. The number of rotatable bonds is 9. The van der Waals surface area contributed by atoms with Crippen LogP contribution in [0.3, 0.4) is 0 Å². The van der Waals surface area contributed by atoms with E-state index >= 15 is 0 Å². The Kier molecular flexibility index (Phi) is 12.8. The molecule has 0 fully saturated rings. The van der Waals surface area contributed by atoms with Gasteiger partial charge in [-0.1, -0.05) is 20.8 Å². The molecule has 2 unspecified atom stereocenters. The Balaban J connectivity index is 0. The third-order valence-corrected chi connectivity index (χ3v) is 2.42. The van der Waals surface area contributed by atoms with E-state index < -0.39 is 42.2 Å². The molecule has 0 heterocycles. The molecule has 0 saturated heterocycles. The van der Waals surface area contributed by atoms with Gasteiger partial charge in [0.25, 0.3) is 0 Å². The SMILES string of the molecule is CC.CC(CC(=O)O)C(=O)NC(CN)C(=O)NCCC(=O)F. The topological polar surface area (TPSA) is 139 Å². The molecule has 0 rings (SSSR count). The van der Waals surface area contributed by atoms with Gasteiger partial charge in [0.1, 0.15) is 6.04 Å². The average Bonchev–Trinajstić information content (AvgIpc) is 2.45. The van der Waals surface area contributed by atoms with E-state index in [0.29, 0.717) is 0 Å². The molecule has 0 aliphatic carbocycles. The molecule has 0 aromatic rings. The number of carboxylic acid groups (broad SMARTS) is 1. The largest absolute Gasteiger partial charge is 0.481 e. The molecule has 0 aromatic carbocycles. The number of hydrogen-bond acceptors (Lipinski definition) is 5. The van der Waals surface area contributed by atoms with Crippen molar-refractivity contribution < 1.29 is 28.7 Å². The van der Waals surface area contributed by atoms with Crippen LogP contribution in [-0.4, -0.2) is 48.1 Å². The smallest absolute Gasteiger partial charge is 0.304 e. The molecule has 0 aliphatic heterocycles. The fourth-order valence-corrected chi connectivity index (χ4v) is 1.31. The van der Waals surface area contributed by atoms with Gasteiger partial charge in [-0.15, -0.1) is 0 Å². The van der Waals surface area contributed by atoms with Gasteiger partial charge in [0.15, 0.2) is 0 Å². The Labute approximate surface area is 128 Å². The summed E-state index contributed by atoms with van der Waals surface area (Å²) in [6.07, 6.45) is -0.840. The van der Waals surface area contributed by atoms with Crippen molar-refractivity contribution in [3.8, 4) is 0 Å². The van der Waals surface area contributed by atoms with Crippen LogP contribution in [0.25, 0.3) is 0 Å². The number of carbonyl (C=O) groups excluding carboxylic acids is 3. The van der Waals surface area contributed by atoms with E-state index in [1.807, 2.05) is 13.8 Å². The lowest BCUT2D eigenvalue weighted by Gasteiger charge is -2.18. The molecule has 0 saturated carbocycles. The number of amides is 2. The molecule has 0 aromatic heterocycles. The van der Waals surface area contributed by atoms with Crippen molar-refractivity contribution in [2.24, 2.45) is 11.7 Å². The minimum Gasteiger partial charge on any atom is -0.481 e. The molecule has 5 N–H and O–H groups in total. The summed E-state index contributed by atoms with van der Waals surface area (Å²) in [7, 11) is 0. The molecule has 22 heavy (non-hydrogen) atoms. The first-order valence-electron chi connectivity index (χ1n) is 6.96. The number of nitrogens with one attached hydrogen (secondary N) is 2. The van der Waals surface area contributed by atoms with Crippen LogP contribution in [0.2, 0.25) is 0 Å². The van der Waals surface area contributed by atoms with E-state index in [1.54, 1.807) is 0 Å². The van der Waals surface area contributed by atoms with Gasteiger partial charge >= 0.3 is 12.0 Å². The normalized spacial score (nSPS) is 12.2. The molecular formula is C13H24FN3O5. The van der Waals surface area contributed by atoms with E-state index in [1.165, 1.54) is 6.92 Å². The van der Waals surface area contributed by atoms with Crippen LogP contribution in [0.4, 0.5) is 4.39 Å². The van der Waals surface area contributed by atoms with Gasteiger partial charge in [-0.25, -0.2) is 0 Å². The van der Waals surface area contributed by atoms with Crippen LogP contribution in [-0.2, 0) is 19.2 Å². The lowest BCUT2D eigenvalue weighted by molar-refractivity contribution is -0.141. The summed E-state index contributed by atoms with van der Waals surface area (Å²) < 4.78 is 11.9. The number of hydrogen-bond donors (Lipinski definition) is 4. The predicted octanol–water partition coefficient (Wildman–Crippen LogP) is -0.431. The third kappa shape index (κ3) is 10.7. The van der Waals surface area contributed by atoms with Gasteiger partial charge in [-0.3, -0.25) is 19.2 Å². The van der Waals surface area contributed by atoms with Crippen molar-refractivity contribution >= 4 is 23.8 Å². The first-order valence-corrected chi connectivity index (χ1v) is 6.96. The summed E-state index contributed by atoms with van der Waals surface area (Å²) in [4.78, 5) is 43.7. The molecule has 0 aliphatic rings. The summed E-state index contributed by atoms with van der Waals surface area (Å²) in [6, 6.07) is -2.62. The van der Waals surface area contributed by atoms with Crippen LogP contribution >= 0.6 is 0 Å². The van der Waals surface area contributed by atoms with Crippen LogP contribution < -0.4 is 16.4 Å². The first-order chi connectivity index (χ1) is 10.3. The third-order valence-electron chi connectivity index (χ3n) is 2.42.